The monoisotopic (exact) mass is 300 g/mol. The van der Waals surface area contributed by atoms with Gasteiger partial charge < -0.3 is 15.5 Å². The van der Waals surface area contributed by atoms with Crippen LogP contribution in [0.2, 0.25) is 0 Å². The van der Waals surface area contributed by atoms with Crippen molar-refractivity contribution in [2.45, 2.75) is 25.7 Å². The van der Waals surface area contributed by atoms with E-state index in [9.17, 15) is 4.79 Å². The Labute approximate surface area is 131 Å². The second-order valence-corrected chi connectivity index (χ2v) is 6.08. The maximum atomic E-state index is 11.3. The quantitative estimate of drug-likeness (QED) is 0.664. The summed E-state index contributed by atoms with van der Waals surface area (Å²) in [6.07, 6.45) is 4.34. The van der Waals surface area contributed by atoms with Crippen molar-refractivity contribution in [3.8, 4) is 0 Å². The van der Waals surface area contributed by atoms with Crippen molar-refractivity contribution in [3.63, 3.8) is 0 Å². The molecular formula is C17H24N4O. The van der Waals surface area contributed by atoms with E-state index in [1.54, 1.807) is 0 Å². The number of benzene rings is 1. The highest BCUT2D eigenvalue weighted by Crippen LogP contribution is 2.14. The minimum absolute atomic E-state index is 0.149. The van der Waals surface area contributed by atoms with Gasteiger partial charge in [0.05, 0.1) is 0 Å². The lowest BCUT2D eigenvalue weighted by atomic mass is 10.1. The van der Waals surface area contributed by atoms with Crippen LogP contribution < -0.4 is 10.6 Å². The smallest absolute Gasteiger partial charge is 0.220 e. The van der Waals surface area contributed by atoms with Crippen LogP contribution in [0.1, 0.15) is 25.7 Å². The third-order valence-corrected chi connectivity index (χ3v) is 4.25. The van der Waals surface area contributed by atoms with Crippen LogP contribution in [-0.4, -0.2) is 42.9 Å². The second-order valence-electron chi connectivity index (χ2n) is 6.08. The number of carbonyl (C=O) groups is 1. The first-order chi connectivity index (χ1) is 10.8. The van der Waals surface area contributed by atoms with E-state index in [1.165, 1.54) is 19.3 Å². The Bertz CT molecular complexity index is 523. The van der Waals surface area contributed by atoms with Gasteiger partial charge in [0.2, 0.25) is 5.91 Å². The van der Waals surface area contributed by atoms with E-state index in [1.807, 2.05) is 18.2 Å². The standard InChI is InChI=1S/C17H24N4O/c22-16-11-14(12-18-16)13-19-17(21-9-5-2-6-10-21)20-15-7-3-1-4-8-15/h1,3-4,7-8,14H,2,5-6,9-13H2,(H,18,22)(H,19,20). The Morgan fingerprint density at radius 2 is 2.00 bits per heavy atom. The Balaban J connectivity index is 1.68. The molecule has 0 saturated carbocycles. The normalized spacial score (nSPS) is 22.5. The van der Waals surface area contributed by atoms with Gasteiger partial charge in [-0.05, 0) is 31.4 Å². The molecule has 1 aromatic rings. The molecule has 2 aliphatic rings. The summed E-state index contributed by atoms with van der Waals surface area (Å²) in [6.45, 7) is 3.56. The van der Waals surface area contributed by atoms with Crippen LogP contribution >= 0.6 is 0 Å². The number of aliphatic imine (C=N–C) groups is 1. The molecule has 3 rings (SSSR count). The molecule has 0 aliphatic carbocycles. The molecule has 1 amide bonds. The van der Waals surface area contributed by atoms with Gasteiger partial charge in [-0.1, -0.05) is 18.2 Å². The van der Waals surface area contributed by atoms with Gasteiger partial charge in [0.15, 0.2) is 5.96 Å². The number of para-hydroxylation sites is 1. The van der Waals surface area contributed by atoms with Gasteiger partial charge >= 0.3 is 0 Å². The van der Waals surface area contributed by atoms with Crippen LogP contribution in [0, 0.1) is 5.92 Å². The number of carbonyl (C=O) groups excluding carboxylic acids is 1. The molecule has 2 saturated heterocycles. The van der Waals surface area contributed by atoms with Gasteiger partial charge in [-0.25, -0.2) is 0 Å². The first-order valence-corrected chi connectivity index (χ1v) is 8.19. The van der Waals surface area contributed by atoms with E-state index in [-0.39, 0.29) is 5.91 Å². The summed E-state index contributed by atoms with van der Waals surface area (Å²) in [6, 6.07) is 10.2. The molecule has 2 heterocycles. The average Bonchev–Trinajstić information content (AvgIpc) is 2.99. The maximum Gasteiger partial charge on any atom is 0.220 e. The van der Waals surface area contributed by atoms with Gasteiger partial charge in [-0.3, -0.25) is 9.79 Å². The van der Waals surface area contributed by atoms with Crippen molar-refractivity contribution in [2.75, 3.05) is 31.5 Å². The first-order valence-electron chi connectivity index (χ1n) is 8.19. The van der Waals surface area contributed by atoms with E-state index in [4.69, 9.17) is 4.99 Å². The summed E-state index contributed by atoms with van der Waals surface area (Å²) in [5, 5.41) is 6.33. The van der Waals surface area contributed by atoms with Gasteiger partial charge in [0, 0.05) is 44.2 Å². The third kappa shape index (κ3) is 4.00. The number of anilines is 1. The molecular weight excluding hydrogens is 276 g/mol. The van der Waals surface area contributed by atoms with Gasteiger partial charge in [0.1, 0.15) is 0 Å². The summed E-state index contributed by atoms with van der Waals surface area (Å²) < 4.78 is 0. The van der Waals surface area contributed by atoms with Crippen LogP contribution in [0.15, 0.2) is 35.3 Å². The van der Waals surface area contributed by atoms with Gasteiger partial charge in [-0.15, -0.1) is 0 Å². The van der Waals surface area contributed by atoms with Crippen LogP contribution in [-0.2, 0) is 4.79 Å². The van der Waals surface area contributed by atoms with Crippen molar-refractivity contribution >= 4 is 17.6 Å². The van der Waals surface area contributed by atoms with Crippen LogP contribution in [0.25, 0.3) is 0 Å². The topological polar surface area (TPSA) is 56.7 Å². The number of hydrogen-bond acceptors (Lipinski definition) is 2. The number of guanidine groups is 1. The highest BCUT2D eigenvalue weighted by molar-refractivity contribution is 5.93. The first kappa shape index (κ1) is 14.9. The van der Waals surface area contributed by atoms with Crippen LogP contribution in [0.5, 0.6) is 0 Å². The van der Waals surface area contributed by atoms with Crippen molar-refractivity contribution in [1.82, 2.24) is 10.2 Å². The van der Waals surface area contributed by atoms with Crippen LogP contribution in [0.4, 0.5) is 5.69 Å². The lowest BCUT2D eigenvalue weighted by Crippen LogP contribution is -2.40. The summed E-state index contributed by atoms with van der Waals surface area (Å²) in [5.74, 6) is 1.42. The third-order valence-electron chi connectivity index (χ3n) is 4.25. The number of amides is 1. The van der Waals surface area contributed by atoms with Gasteiger partial charge in [0.25, 0.3) is 0 Å². The zero-order valence-corrected chi connectivity index (χ0v) is 12.9. The molecule has 0 bridgehead atoms. The molecule has 0 aromatic heterocycles. The minimum atomic E-state index is 0.149. The number of nitrogens with one attached hydrogen (secondary N) is 2. The average molecular weight is 300 g/mol. The number of hydrogen-bond donors (Lipinski definition) is 2. The maximum absolute atomic E-state index is 11.3. The van der Waals surface area contributed by atoms with Crippen molar-refractivity contribution < 1.29 is 4.79 Å². The SMILES string of the molecule is O=C1CC(CN=C(Nc2ccccc2)N2CCCCC2)CN1. The molecule has 1 unspecified atom stereocenters. The van der Waals surface area contributed by atoms with E-state index < -0.39 is 0 Å². The molecule has 0 spiro atoms. The lowest BCUT2D eigenvalue weighted by molar-refractivity contribution is -0.119. The van der Waals surface area contributed by atoms with E-state index >= 15 is 0 Å². The zero-order valence-electron chi connectivity index (χ0n) is 12.9. The predicted molar refractivity (Wildman–Crippen MR) is 88.9 cm³/mol. The molecule has 0 radical (unpaired) electrons. The molecule has 22 heavy (non-hydrogen) atoms. The highest BCUT2D eigenvalue weighted by atomic mass is 16.1. The molecule has 2 aliphatic heterocycles. The Kier molecular flexibility index (Phi) is 4.93. The molecule has 2 N–H and O–H groups in total. The highest BCUT2D eigenvalue weighted by Gasteiger charge is 2.22. The minimum Gasteiger partial charge on any atom is -0.356 e. The zero-order chi connectivity index (χ0) is 15.2. The van der Waals surface area contributed by atoms with E-state index in [0.717, 1.165) is 31.3 Å². The lowest BCUT2D eigenvalue weighted by Gasteiger charge is -2.30. The summed E-state index contributed by atoms with van der Waals surface area (Å²) >= 11 is 0. The molecule has 118 valence electrons. The fourth-order valence-corrected chi connectivity index (χ4v) is 2.98. The van der Waals surface area contributed by atoms with Crippen molar-refractivity contribution in [3.05, 3.63) is 30.3 Å². The number of nitrogens with zero attached hydrogens (tertiary/aromatic N) is 2. The number of likely N-dealkylation sites (tertiary alicyclic amines) is 1. The molecule has 5 heteroatoms. The number of rotatable bonds is 3. The molecule has 5 nitrogen and oxygen atoms in total. The fourth-order valence-electron chi connectivity index (χ4n) is 2.98. The summed E-state index contributed by atoms with van der Waals surface area (Å²) in [4.78, 5) is 18.4. The Morgan fingerprint density at radius 1 is 1.23 bits per heavy atom. The largest absolute Gasteiger partial charge is 0.356 e. The number of piperidine rings is 1. The fraction of sp³-hybridized carbons (Fsp3) is 0.529. The Morgan fingerprint density at radius 3 is 2.68 bits per heavy atom. The predicted octanol–water partition coefficient (Wildman–Crippen LogP) is 2.08. The summed E-state index contributed by atoms with van der Waals surface area (Å²) in [7, 11) is 0. The molecule has 1 aromatic carbocycles. The van der Waals surface area contributed by atoms with Crippen molar-refractivity contribution in [1.29, 1.82) is 0 Å². The van der Waals surface area contributed by atoms with Crippen molar-refractivity contribution in [2.24, 2.45) is 10.9 Å². The Hall–Kier alpha value is -2.04. The van der Waals surface area contributed by atoms with Gasteiger partial charge in [-0.2, -0.15) is 0 Å². The van der Waals surface area contributed by atoms with Crippen LogP contribution in [0.3, 0.4) is 0 Å². The second kappa shape index (κ2) is 7.29. The summed E-state index contributed by atoms with van der Waals surface area (Å²) in [5.41, 5.74) is 1.06. The molecule has 2 fully saturated rings. The molecule has 1 atom stereocenters. The van der Waals surface area contributed by atoms with E-state index in [0.29, 0.717) is 18.9 Å². The van der Waals surface area contributed by atoms with E-state index in [2.05, 4.69) is 27.7 Å².